The molecule has 0 saturated carbocycles. The van der Waals surface area contributed by atoms with Gasteiger partial charge in [0.2, 0.25) is 5.91 Å². The summed E-state index contributed by atoms with van der Waals surface area (Å²) in [7, 11) is 0. The van der Waals surface area contributed by atoms with Crippen LogP contribution in [-0.4, -0.2) is 27.4 Å². The molecule has 3 heterocycles. The fourth-order valence-electron chi connectivity index (χ4n) is 3.12. The summed E-state index contributed by atoms with van der Waals surface area (Å²) in [5.41, 5.74) is 3.00. The van der Waals surface area contributed by atoms with Gasteiger partial charge in [-0.05, 0) is 43.2 Å². The lowest BCUT2D eigenvalue weighted by Gasteiger charge is -2.20. The number of amides is 1. The van der Waals surface area contributed by atoms with E-state index in [-0.39, 0.29) is 5.91 Å². The minimum atomic E-state index is -0.226. The van der Waals surface area contributed by atoms with Crippen molar-refractivity contribution in [2.24, 2.45) is 0 Å². The Kier molecular flexibility index (Phi) is 4.26. The average Bonchev–Trinajstić information content (AvgIpc) is 3.04. The molecule has 0 atom stereocenters. The number of fused-ring (bicyclic) bond motifs is 2. The summed E-state index contributed by atoms with van der Waals surface area (Å²) in [4.78, 5) is 27.0. The Morgan fingerprint density at radius 1 is 1.27 bits per heavy atom. The zero-order valence-electron chi connectivity index (χ0n) is 14.1. The van der Waals surface area contributed by atoms with Crippen molar-refractivity contribution in [3.63, 3.8) is 0 Å². The van der Waals surface area contributed by atoms with Gasteiger partial charge < -0.3 is 10.2 Å². The van der Waals surface area contributed by atoms with Crippen LogP contribution >= 0.6 is 11.6 Å². The zero-order chi connectivity index (χ0) is 18.1. The van der Waals surface area contributed by atoms with E-state index in [9.17, 15) is 4.79 Å². The van der Waals surface area contributed by atoms with E-state index in [1.54, 1.807) is 25.3 Å². The van der Waals surface area contributed by atoms with Gasteiger partial charge in [0, 0.05) is 22.6 Å². The maximum absolute atomic E-state index is 11.8. The van der Waals surface area contributed by atoms with Crippen LogP contribution in [0.1, 0.15) is 12.5 Å². The predicted octanol–water partition coefficient (Wildman–Crippen LogP) is 3.89. The van der Waals surface area contributed by atoms with E-state index in [2.05, 4.69) is 25.2 Å². The van der Waals surface area contributed by atoms with E-state index < -0.39 is 0 Å². The van der Waals surface area contributed by atoms with Crippen LogP contribution < -0.4 is 10.2 Å². The van der Waals surface area contributed by atoms with Gasteiger partial charge in [-0.1, -0.05) is 23.7 Å². The van der Waals surface area contributed by atoms with Crippen LogP contribution in [0, 0.1) is 0 Å². The normalized spacial score (nSPS) is 13.4. The molecule has 0 bridgehead atoms. The minimum absolute atomic E-state index is 0.226. The fourth-order valence-corrected chi connectivity index (χ4v) is 3.29. The van der Waals surface area contributed by atoms with Gasteiger partial charge >= 0.3 is 0 Å². The van der Waals surface area contributed by atoms with Crippen molar-refractivity contribution in [3.8, 4) is 0 Å². The molecule has 1 N–H and O–H groups in total. The number of hydrogen-bond donors (Lipinski definition) is 1. The summed E-state index contributed by atoms with van der Waals surface area (Å²) < 4.78 is 0. The lowest BCUT2D eigenvalue weighted by molar-refractivity contribution is -0.111. The van der Waals surface area contributed by atoms with Crippen LogP contribution in [-0.2, 0) is 11.2 Å². The molecule has 7 heteroatoms. The molecule has 0 spiro atoms. The number of benzene rings is 1. The summed E-state index contributed by atoms with van der Waals surface area (Å²) in [5.74, 6) is 1.01. The van der Waals surface area contributed by atoms with Crippen molar-refractivity contribution in [1.29, 1.82) is 0 Å². The van der Waals surface area contributed by atoms with Crippen molar-refractivity contribution in [2.45, 2.75) is 13.3 Å². The Bertz CT molecular complexity index is 1030. The van der Waals surface area contributed by atoms with Crippen molar-refractivity contribution in [1.82, 2.24) is 15.0 Å². The van der Waals surface area contributed by atoms with Gasteiger partial charge in [-0.3, -0.25) is 4.79 Å². The highest BCUT2D eigenvalue weighted by Gasteiger charge is 2.23. The summed E-state index contributed by atoms with van der Waals surface area (Å²) in [5, 5.41) is 4.26. The Hall–Kier alpha value is -2.99. The number of nitrogens with zero attached hydrogens (tertiary/aromatic N) is 4. The third kappa shape index (κ3) is 2.99. The second-order valence-corrected chi connectivity index (χ2v) is 6.38. The first-order valence-electron chi connectivity index (χ1n) is 8.26. The summed E-state index contributed by atoms with van der Waals surface area (Å²) in [6.07, 6.45) is 7.22. The zero-order valence-corrected chi connectivity index (χ0v) is 14.9. The first-order chi connectivity index (χ1) is 12.7. The smallest absolute Gasteiger partial charge is 0.249 e. The van der Waals surface area contributed by atoms with Gasteiger partial charge in [0.25, 0.3) is 0 Å². The number of pyridine rings is 1. The van der Waals surface area contributed by atoms with Crippen molar-refractivity contribution in [2.75, 3.05) is 16.8 Å². The number of halogens is 1. The van der Waals surface area contributed by atoms with Crippen molar-refractivity contribution >= 4 is 45.7 Å². The molecule has 0 saturated heterocycles. The maximum atomic E-state index is 11.8. The first kappa shape index (κ1) is 16.5. The van der Waals surface area contributed by atoms with Crippen LogP contribution in [0.3, 0.4) is 0 Å². The number of anilines is 3. The van der Waals surface area contributed by atoms with Gasteiger partial charge in [-0.25, -0.2) is 15.0 Å². The molecule has 1 aliphatic rings. The highest BCUT2D eigenvalue weighted by molar-refractivity contribution is 6.31. The maximum Gasteiger partial charge on any atom is 0.249 e. The molecule has 0 aliphatic carbocycles. The SMILES string of the molecule is CC=CC(=O)Nc1cc2c(N3CCc4ccc(Cl)cc43)ncnc2cn1. The van der Waals surface area contributed by atoms with E-state index in [0.29, 0.717) is 10.8 Å². The topological polar surface area (TPSA) is 71.0 Å². The van der Waals surface area contributed by atoms with Gasteiger partial charge in [-0.2, -0.15) is 0 Å². The highest BCUT2D eigenvalue weighted by atomic mass is 35.5. The quantitative estimate of drug-likeness (QED) is 0.713. The monoisotopic (exact) mass is 365 g/mol. The second kappa shape index (κ2) is 6.72. The molecule has 0 fully saturated rings. The predicted molar refractivity (Wildman–Crippen MR) is 103 cm³/mol. The Balaban J connectivity index is 1.79. The summed E-state index contributed by atoms with van der Waals surface area (Å²) >= 11 is 6.18. The van der Waals surface area contributed by atoms with Gasteiger partial charge in [0.15, 0.2) is 0 Å². The summed E-state index contributed by atoms with van der Waals surface area (Å²) in [6, 6.07) is 7.70. The van der Waals surface area contributed by atoms with Gasteiger partial charge in [-0.15, -0.1) is 0 Å². The number of allylic oxidation sites excluding steroid dienone is 1. The largest absolute Gasteiger partial charge is 0.325 e. The van der Waals surface area contributed by atoms with Crippen LogP contribution in [0.2, 0.25) is 5.02 Å². The Morgan fingerprint density at radius 3 is 3.00 bits per heavy atom. The summed E-state index contributed by atoms with van der Waals surface area (Å²) in [6.45, 7) is 2.60. The molecule has 1 aliphatic heterocycles. The van der Waals surface area contributed by atoms with Gasteiger partial charge in [0.1, 0.15) is 18.0 Å². The van der Waals surface area contributed by atoms with Crippen molar-refractivity contribution in [3.05, 3.63) is 59.5 Å². The average molecular weight is 366 g/mol. The molecule has 6 nitrogen and oxygen atoms in total. The van der Waals surface area contributed by atoms with Crippen LogP contribution in [0.4, 0.5) is 17.3 Å². The second-order valence-electron chi connectivity index (χ2n) is 5.95. The third-order valence-electron chi connectivity index (χ3n) is 4.27. The van der Waals surface area contributed by atoms with Crippen LogP contribution in [0.15, 0.2) is 48.9 Å². The molecule has 130 valence electrons. The molecular weight excluding hydrogens is 350 g/mol. The molecule has 0 unspecified atom stereocenters. The first-order valence-corrected chi connectivity index (χ1v) is 8.64. The fraction of sp³-hybridized carbons (Fsp3) is 0.158. The number of aromatic nitrogens is 3. The van der Waals surface area contributed by atoms with Gasteiger partial charge in [0.05, 0.1) is 11.7 Å². The highest BCUT2D eigenvalue weighted by Crippen LogP contribution is 2.38. The number of carbonyl (C=O) groups is 1. The molecule has 0 radical (unpaired) electrons. The number of rotatable bonds is 3. The van der Waals surface area contributed by atoms with Crippen molar-refractivity contribution < 1.29 is 4.79 Å². The number of carbonyl (C=O) groups excluding carboxylic acids is 1. The molecule has 1 amide bonds. The Labute approximate surface area is 155 Å². The Morgan fingerprint density at radius 2 is 2.15 bits per heavy atom. The third-order valence-corrected chi connectivity index (χ3v) is 4.50. The standard InChI is InChI=1S/C19H16ClN5O/c1-2-3-18(26)24-17-9-14-15(10-21-17)22-11-23-19(14)25-7-6-12-4-5-13(20)8-16(12)25/h2-5,8-11H,6-7H2,1H3,(H,21,24,26). The van der Waals surface area contributed by atoms with E-state index in [4.69, 9.17) is 11.6 Å². The molecule has 3 aromatic rings. The minimum Gasteiger partial charge on any atom is -0.325 e. The number of hydrogen-bond acceptors (Lipinski definition) is 5. The van der Waals surface area contributed by atoms with Crippen LogP contribution in [0.25, 0.3) is 10.9 Å². The lowest BCUT2D eigenvalue weighted by Crippen LogP contribution is -2.16. The van der Waals surface area contributed by atoms with Crippen LogP contribution in [0.5, 0.6) is 0 Å². The van der Waals surface area contributed by atoms with E-state index in [0.717, 1.165) is 35.4 Å². The molecule has 26 heavy (non-hydrogen) atoms. The molecule has 4 rings (SSSR count). The van der Waals surface area contributed by atoms with E-state index >= 15 is 0 Å². The van der Waals surface area contributed by atoms with E-state index in [1.165, 1.54) is 18.0 Å². The molecular formula is C19H16ClN5O. The molecule has 1 aromatic carbocycles. The van der Waals surface area contributed by atoms with E-state index in [1.807, 2.05) is 18.2 Å². The number of nitrogens with one attached hydrogen (secondary N) is 1. The lowest BCUT2D eigenvalue weighted by atomic mass is 10.2. The molecule has 2 aromatic heterocycles.